The van der Waals surface area contributed by atoms with Crippen LogP contribution in [0.3, 0.4) is 0 Å². The lowest BCUT2D eigenvalue weighted by Gasteiger charge is -2.37. The average Bonchev–Trinajstić information content (AvgIpc) is 3.53. The van der Waals surface area contributed by atoms with Crippen molar-refractivity contribution in [1.29, 1.82) is 0 Å². The molecule has 1 aliphatic rings. The molecule has 4 heterocycles. The molecular formula is C26H36Cl6FN12O5P. The van der Waals surface area contributed by atoms with Crippen molar-refractivity contribution in [3.63, 3.8) is 0 Å². The van der Waals surface area contributed by atoms with Gasteiger partial charge in [-0.2, -0.15) is 0 Å². The summed E-state index contributed by atoms with van der Waals surface area (Å²) in [4.78, 5) is 29.8. The SMILES string of the molecule is CN(C)C(n1n[n+]([O-])c2ncccc21)=[N+](C)C.CN(C)C(n1n[n+]([O-])c2ncccc21)=[N+](C)C.ClC1C(Cl)C(Cl)C(Cl)C(Cl)C1Cl.O=P([O-])([O-])F. The lowest BCUT2D eigenvalue weighted by atomic mass is 9.97. The van der Waals surface area contributed by atoms with Crippen molar-refractivity contribution >= 4 is 112 Å². The van der Waals surface area contributed by atoms with Crippen molar-refractivity contribution in [2.45, 2.75) is 32.3 Å². The summed E-state index contributed by atoms with van der Waals surface area (Å²) in [7, 11) is 9.54. The van der Waals surface area contributed by atoms with Gasteiger partial charge in [0.15, 0.2) is 0 Å². The van der Waals surface area contributed by atoms with Crippen LogP contribution in [-0.2, 0) is 4.57 Å². The van der Waals surface area contributed by atoms with Crippen molar-refractivity contribution in [2.75, 3.05) is 56.4 Å². The van der Waals surface area contributed by atoms with E-state index in [4.69, 9.17) is 84.0 Å². The Morgan fingerprint density at radius 1 is 0.706 bits per heavy atom. The van der Waals surface area contributed by atoms with Crippen molar-refractivity contribution < 1.29 is 37.4 Å². The third-order valence-electron chi connectivity index (χ3n) is 6.50. The van der Waals surface area contributed by atoms with Crippen LogP contribution in [0.1, 0.15) is 0 Å². The first-order valence-corrected chi connectivity index (χ1v) is 18.4. The van der Waals surface area contributed by atoms with E-state index in [0.29, 0.717) is 32.0 Å². The van der Waals surface area contributed by atoms with E-state index in [9.17, 15) is 14.6 Å². The van der Waals surface area contributed by atoms with Crippen molar-refractivity contribution in [2.24, 2.45) is 0 Å². The van der Waals surface area contributed by atoms with E-state index in [0.717, 1.165) is 11.9 Å². The molecule has 17 nitrogen and oxygen atoms in total. The Hall–Kier alpha value is -2.54. The largest absolute Gasteiger partial charge is 0.786 e. The van der Waals surface area contributed by atoms with Gasteiger partial charge >= 0.3 is 23.2 Å². The summed E-state index contributed by atoms with van der Waals surface area (Å²) >= 11 is 35.3. The summed E-state index contributed by atoms with van der Waals surface area (Å²) in [6, 6.07) is 7.19. The highest BCUT2D eigenvalue weighted by molar-refractivity contribution is 7.42. The number of hydrogen-bond donors (Lipinski definition) is 0. The van der Waals surface area contributed by atoms with Gasteiger partial charge in [0.1, 0.15) is 20.3 Å². The molecule has 0 saturated heterocycles. The molecule has 0 unspecified atom stereocenters. The summed E-state index contributed by atoms with van der Waals surface area (Å²) < 4.78 is 25.5. The molecule has 0 N–H and O–H groups in total. The summed E-state index contributed by atoms with van der Waals surface area (Å²) in [6.45, 7) is 0. The number of pyridine rings is 2. The Morgan fingerprint density at radius 3 is 1.18 bits per heavy atom. The first-order valence-electron chi connectivity index (χ1n) is 14.4. The van der Waals surface area contributed by atoms with E-state index in [-0.39, 0.29) is 0 Å². The van der Waals surface area contributed by atoms with Crippen molar-refractivity contribution in [3.05, 3.63) is 47.1 Å². The van der Waals surface area contributed by atoms with E-state index in [1.54, 1.807) is 33.9 Å². The Kier molecular flexibility index (Phi) is 16.6. The molecule has 25 heteroatoms. The zero-order valence-electron chi connectivity index (χ0n) is 28.4. The number of rotatable bonds is 0. The van der Waals surface area contributed by atoms with Gasteiger partial charge in [0.05, 0.1) is 88.6 Å². The summed E-state index contributed by atoms with van der Waals surface area (Å²) in [5, 5.41) is 28.5. The van der Waals surface area contributed by atoms with Gasteiger partial charge < -0.3 is 24.8 Å². The third-order valence-corrected chi connectivity index (χ3v) is 10.5. The molecule has 0 atom stereocenters. The second kappa shape index (κ2) is 19.0. The highest BCUT2D eigenvalue weighted by Crippen LogP contribution is 2.39. The molecule has 1 fully saturated rings. The maximum absolute atomic E-state index is 11.6. The minimum atomic E-state index is -5.64. The van der Waals surface area contributed by atoms with Crippen LogP contribution in [0.4, 0.5) is 4.20 Å². The van der Waals surface area contributed by atoms with Crippen LogP contribution in [0, 0.1) is 10.4 Å². The smallest absolute Gasteiger partial charge is 0.381 e. The quantitative estimate of drug-likeness (QED) is 0.0603. The number of hydrogen-bond acceptors (Lipinski definition) is 9. The van der Waals surface area contributed by atoms with Crippen LogP contribution >= 0.6 is 77.5 Å². The highest BCUT2D eigenvalue weighted by Gasteiger charge is 2.47. The minimum Gasteiger partial charge on any atom is -0.786 e. The number of fused-ring (bicyclic) bond motifs is 2. The Morgan fingerprint density at radius 2 is 0.961 bits per heavy atom. The van der Waals surface area contributed by atoms with Crippen LogP contribution in [0.15, 0.2) is 36.7 Å². The van der Waals surface area contributed by atoms with Crippen LogP contribution in [0.25, 0.3) is 22.3 Å². The fourth-order valence-corrected chi connectivity index (χ4v) is 6.98. The van der Waals surface area contributed by atoms with Crippen LogP contribution in [-0.4, -0.2) is 149 Å². The third kappa shape index (κ3) is 11.7. The van der Waals surface area contributed by atoms with Gasteiger partial charge in [0.25, 0.3) is 0 Å². The predicted octanol–water partition coefficient (Wildman–Crippen LogP) is 0.634. The van der Waals surface area contributed by atoms with E-state index in [1.165, 1.54) is 0 Å². The van der Waals surface area contributed by atoms with Gasteiger partial charge in [-0.25, -0.2) is 4.20 Å². The standard InChI is InChI=1S/2C10H15N6O.C6H6Cl6.FH2O3P/c2*1-13(2)10(14(3)4)15-8-6-5-7-11-9(8)16(17)12-15;7-1-2(8)4(10)6(12)5(11)3(1)9;1-5(2,3)4/h2*5-7H,1-4H3;1-6H;(H2,2,3,4)/q2*+1;;/p-2. The predicted molar refractivity (Wildman–Crippen MR) is 192 cm³/mol. The molecule has 0 aromatic carbocycles. The van der Waals surface area contributed by atoms with Gasteiger partial charge in [-0.3, -0.25) is 19.0 Å². The highest BCUT2D eigenvalue weighted by atomic mass is 35.5. The van der Waals surface area contributed by atoms with Crippen LogP contribution < -0.4 is 19.5 Å². The molecule has 5 rings (SSSR count). The Labute approximate surface area is 323 Å². The topological polar surface area (TPSA) is 191 Å². The number of aromatic nitrogens is 8. The van der Waals surface area contributed by atoms with Crippen LogP contribution in [0.2, 0.25) is 0 Å². The van der Waals surface area contributed by atoms with Crippen molar-refractivity contribution in [3.8, 4) is 0 Å². The van der Waals surface area contributed by atoms with E-state index in [2.05, 4.69) is 20.4 Å². The number of nitrogens with zero attached hydrogens (tertiary/aromatic N) is 12. The lowest BCUT2D eigenvalue weighted by molar-refractivity contribution is -0.647. The first-order chi connectivity index (χ1) is 23.5. The van der Waals surface area contributed by atoms with Gasteiger partial charge in [0, 0.05) is 10.4 Å². The van der Waals surface area contributed by atoms with Gasteiger partial charge in [-0.05, 0) is 24.3 Å². The molecule has 0 bridgehead atoms. The molecule has 284 valence electrons. The molecule has 0 radical (unpaired) electrons. The molecule has 0 spiro atoms. The van der Waals surface area contributed by atoms with Gasteiger partial charge in [0.2, 0.25) is 11.0 Å². The normalized spacial score (nSPS) is 21.3. The molecule has 4 aromatic heterocycles. The second-order valence-corrected chi connectivity index (χ2v) is 15.2. The maximum atomic E-state index is 11.6. The number of alkyl halides is 6. The summed E-state index contributed by atoms with van der Waals surface area (Å²) in [6.07, 6.45) is 3.15. The van der Waals surface area contributed by atoms with Crippen LogP contribution in [0.5, 0.6) is 0 Å². The van der Waals surface area contributed by atoms with Crippen molar-refractivity contribution in [1.82, 2.24) is 39.6 Å². The molecule has 0 amide bonds. The second-order valence-electron chi connectivity index (χ2n) is 11.3. The fraction of sp³-hybridized carbons (Fsp3) is 0.538. The molecule has 1 aliphatic carbocycles. The molecule has 1 saturated carbocycles. The van der Waals surface area contributed by atoms with E-state index >= 15 is 0 Å². The van der Waals surface area contributed by atoms with E-state index < -0.39 is 40.2 Å². The van der Waals surface area contributed by atoms with Gasteiger partial charge in [-0.15, -0.1) is 89.3 Å². The average molecular weight is 859 g/mol. The number of halogens is 7. The first kappa shape index (κ1) is 44.6. The van der Waals surface area contributed by atoms with Gasteiger partial charge in [-0.1, -0.05) is 9.36 Å². The molecule has 4 aromatic rings. The van der Waals surface area contributed by atoms with E-state index in [1.807, 2.05) is 87.5 Å². The zero-order valence-corrected chi connectivity index (χ0v) is 33.9. The molecule has 0 aliphatic heterocycles. The minimum absolute atomic E-state index is 0.314. The monoisotopic (exact) mass is 856 g/mol. The molecular weight excluding hydrogens is 823 g/mol. The fourth-order valence-electron chi connectivity index (χ4n) is 4.65. The maximum Gasteiger partial charge on any atom is 0.381 e. The molecule has 51 heavy (non-hydrogen) atoms. The summed E-state index contributed by atoms with van der Waals surface area (Å²) in [5.74, 6) is 1.58. The Bertz CT molecular complexity index is 1710. The lowest BCUT2D eigenvalue weighted by Crippen LogP contribution is -2.52. The zero-order chi connectivity index (χ0) is 39.1. The Balaban J connectivity index is 0.000000252. The summed E-state index contributed by atoms with van der Waals surface area (Å²) in [5.41, 5.74) is 1.99.